The molecule has 2 aromatic rings. The monoisotopic (exact) mass is 425 g/mol. The molecular weight excluding hydrogens is 398 g/mol. The summed E-state index contributed by atoms with van der Waals surface area (Å²) in [6.45, 7) is 3.33. The van der Waals surface area contributed by atoms with Crippen LogP contribution in [0, 0.1) is 5.92 Å². The van der Waals surface area contributed by atoms with E-state index in [1.807, 2.05) is 60.7 Å². The third-order valence-corrected chi connectivity index (χ3v) is 4.39. The molecular formula is C23H27N3O5. The molecule has 0 aliphatic carbocycles. The highest BCUT2D eigenvalue weighted by atomic mass is 16.5. The number of ketones is 1. The van der Waals surface area contributed by atoms with Crippen molar-refractivity contribution in [2.45, 2.75) is 33.0 Å². The lowest BCUT2D eigenvalue weighted by Crippen LogP contribution is -2.52. The van der Waals surface area contributed by atoms with Crippen LogP contribution in [-0.4, -0.2) is 36.3 Å². The third-order valence-electron chi connectivity index (χ3n) is 4.39. The second kappa shape index (κ2) is 12.1. The molecule has 0 radical (unpaired) electrons. The fourth-order valence-electron chi connectivity index (χ4n) is 2.69. The Morgan fingerprint density at radius 3 is 2.00 bits per heavy atom. The van der Waals surface area contributed by atoms with Gasteiger partial charge in [-0.15, -0.1) is 0 Å². The molecule has 3 N–H and O–H groups in total. The van der Waals surface area contributed by atoms with E-state index in [4.69, 9.17) is 4.74 Å². The lowest BCUT2D eigenvalue weighted by molar-refractivity contribution is -0.140. The molecule has 0 fully saturated rings. The van der Waals surface area contributed by atoms with E-state index >= 15 is 0 Å². The van der Waals surface area contributed by atoms with Gasteiger partial charge in [-0.1, -0.05) is 74.5 Å². The molecule has 0 saturated heterocycles. The topological polar surface area (TPSA) is 114 Å². The van der Waals surface area contributed by atoms with E-state index in [-0.39, 0.29) is 25.6 Å². The van der Waals surface area contributed by atoms with E-state index < -0.39 is 29.7 Å². The Kier molecular flexibility index (Phi) is 9.22. The second-order valence-corrected chi connectivity index (χ2v) is 7.24. The molecule has 0 unspecified atom stereocenters. The largest absolute Gasteiger partial charge is 0.445 e. The smallest absolute Gasteiger partial charge is 0.407 e. The molecule has 0 heterocycles. The second-order valence-electron chi connectivity index (χ2n) is 7.24. The minimum absolute atomic E-state index is 0.0724. The van der Waals surface area contributed by atoms with Crippen LogP contribution in [0.5, 0.6) is 0 Å². The number of hydrogen-bond acceptors (Lipinski definition) is 5. The molecule has 0 saturated carbocycles. The van der Waals surface area contributed by atoms with Gasteiger partial charge in [-0.2, -0.15) is 0 Å². The Morgan fingerprint density at radius 1 is 0.839 bits per heavy atom. The van der Waals surface area contributed by atoms with Gasteiger partial charge >= 0.3 is 6.09 Å². The number of carbonyl (C=O) groups is 4. The van der Waals surface area contributed by atoms with E-state index in [2.05, 4.69) is 16.0 Å². The number of alkyl carbamates (subject to hydrolysis) is 1. The Bertz CT molecular complexity index is 885. The maximum Gasteiger partial charge on any atom is 0.407 e. The molecule has 0 aliphatic rings. The van der Waals surface area contributed by atoms with Gasteiger partial charge in [-0.05, 0) is 17.0 Å². The van der Waals surface area contributed by atoms with E-state index in [9.17, 15) is 19.2 Å². The number of ether oxygens (including phenoxy) is 1. The molecule has 0 aliphatic heterocycles. The lowest BCUT2D eigenvalue weighted by atomic mass is 9.99. The first-order valence-corrected chi connectivity index (χ1v) is 9.96. The van der Waals surface area contributed by atoms with Crippen molar-refractivity contribution in [1.29, 1.82) is 0 Å². The Hall–Kier alpha value is -3.68. The van der Waals surface area contributed by atoms with Gasteiger partial charge in [-0.3, -0.25) is 14.4 Å². The standard InChI is InChI=1S/C23H27N3O5/c1-16(2)20(21(28)22(29)24-13-17-9-5-3-6-10-17)26-19(27)14-25-23(30)31-15-18-11-7-4-8-12-18/h3-12,16,20H,13-15H2,1-2H3,(H,24,29)(H,25,30)(H,26,27)/t20-/m0/s1. The molecule has 0 bridgehead atoms. The van der Waals surface area contributed by atoms with Crippen LogP contribution in [0.2, 0.25) is 0 Å². The molecule has 1 atom stereocenters. The summed E-state index contributed by atoms with van der Waals surface area (Å²) in [5.74, 6) is -2.44. The lowest BCUT2D eigenvalue weighted by Gasteiger charge is -2.20. The summed E-state index contributed by atoms with van der Waals surface area (Å²) < 4.78 is 5.03. The molecule has 8 nitrogen and oxygen atoms in total. The van der Waals surface area contributed by atoms with Crippen molar-refractivity contribution >= 4 is 23.7 Å². The van der Waals surface area contributed by atoms with Gasteiger partial charge in [0, 0.05) is 6.54 Å². The van der Waals surface area contributed by atoms with Gasteiger partial charge in [0.1, 0.15) is 13.2 Å². The maximum absolute atomic E-state index is 12.5. The summed E-state index contributed by atoms with van der Waals surface area (Å²) in [4.78, 5) is 48.7. The fraction of sp³-hybridized carbons (Fsp3) is 0.304. The number of Topliss-reactive ketones (excluding diaryl/α,β-unsaturated/α-hetero) is 1. The fourth-order valence-corrected chi connectivity index (χ4v) is 2.69. The van der Waals surface area contributed by atoms with Gasteiger partial charge in [0.05, 0.1) is 6.04 Å². The van der Waals surface area contributed by atoms with Gasteiger partial charge in [0.25, 0.3) is 5.91 Å². The third kappa shape index (κ3) is 8.30. The van der Waals surface area contributed by atoms with Crippen molar-refractivity contribution in [1.82, 2.24) is 16.0 Å². The number of rotatable bonds is 10. The van der Waals surface area contributed by atoms with Crippen molar-refractivity contribution in [2.24, 2.45) is 5.92 Å². The van der Waals surface area contributed by atoms with Crippen LogP contribution in [-0.2, 0) is 32.3 Å². The van der Waals surface area contributed by atoms with E-state index in [0.717, 1.165) is 11.1 Å². The van der Waals surface area contributed by atoms with E-state index in [1.165, 1.54) is 0 Å². The summed E-state index contributed by atoms with van der Waals surface area (Å²) in [5, 5.41) is 7.39. The zero-order chi connectivity index (χ0) is 22.6. The molecule has 2 aromatic carbocycles. The molecule has 8 heteroatoms. The van der Waals surface area contributed by atoms with Crippen molar-refractivity contribution in [3.63, 3.8) is 0 Å². The van der Waals surface area contributed by atoms with Gasteiger partial charge in [0.15, 0.2) is 0 Å². The van der Waals surface area contributed by atoms with Gasteiger partial charge in [0.2, 0.25) is 11.7 Å². The highest BCUT2D eigenvalue weighted by molar-refractivity contribution is 6.38. The highest BCUT2D eigenvalue weighted by Crippen LogP contribution is 2.05. The zero-order valence-corrected chi connectivity index (χ0v) is 17.6. The summed E-state index contributed by atoms with van der Waals surface area (Å²) in [7, 11) is 0. The van der Waals surface area contributed by atoms with E-state index in [0.29, 0.717) is 0 Å². The Balaban J connectivity index is 1.78. The van der Waals surface area contributed by atoms with Crippen LogP contribution >= 0.6 is 0 Å². The van der Waals surface area contributed by atoms with Crippen LogP contribution in [0.1, 0.15) is 25.0 Å². The average molecular weight is 425 g/mol. The molecule has 0 aromatic heterocycles. The summed E-state index contributed by atoms with van der Waals surface area (Å²) >= 11 is 0. The van der Waals surface area contributed by atoms with Crippen LogP contribution in [0.15, 0.2) is 60.7 Å². The first-order valence-electron chi connectivity index (χ1n) is 9.96. The minimum atomic E-state index is -1.01. The number of benzene rings is 2. The van der Waals surface area contributed by atoms with Crippen LogP contribution in [0.4, 0.5) is 4.79 Å². The molecule has 31 heavy (non-hydrogen) atoms. The quantitative estimate of drug-likeness (QED) is 0.504. The first-order chi connectivity index (χ1) is 14.9. The molecule has 164 valence electrons. The van der Waals surface area contributed by atoms with Crippen molar-refractivity contribution in [3.8, 4) is 0 Å². The van der Waals surface area contributed by atoms with Gasteiger partial charge in [-0.25, -0.2) is 4.79 Å². The number of hydrogen-bond donors (Lipinski definition) is 3. The summed E-state index contributed by atoms with van der Waals surface area (Å²) in [5.41, 5.74) is 1.67. The predicted octanol–water partition coefficient (Wildman–Crippen LogP) is 1.94. The van der Waals surface area contributed by atoms with Crippen LogP contribution in [0.3, 0.4) is 0 Å². The van der Waals surface area contributed by atoms with Crippen molar-refractivity contribution in [2.75, 3.05) is 6.54 Å². The highest BCUT2D eigenvalue weighted by Gasteiger charge is 2.29. The number of nitrogens with one attached hydrogen (secondary N) is 3. The molecule has 0 spiro atoms. The Morgan fingerprint density at radius 2 is 1.42 bits per heavy atom. The molecule has 2 rings (SSSR count). The summed E-state index contributed by atoms with van der Waals surface area (Å²) in [6, 6.07) is 17.3. The maximum atomic E-state index is 12.5. The van der Waals surface area contributed by atoms with Gasteiger partial charge < -0.3 is 20.7 Å². The zero-order valence-electron chi connectivity index (χ0n) is 17.6. The van der Waals surface area contributed by atoms with Crippen LogP contribution < -0.4 is 16.0 Å². The van der Waals surface area contributed by atoms with E-state index in [1.54, 1.807) is 13.8 Å². The number of amides is 3. The van der Waals surface area contributed by atoms with Crippen molar-refractivity contribution < 1.29 is 23.9 Å². The minimum Gasteiger partial charge on any atom is -0.445 e. The first kappa shape index (κ1) is 23.6. The van der Waals surface area contributed by atoms with Crippen molar-refractivity contribution in [3.05, 3.63) is 71.8 Å². The SMILES string of the molecule is CC(C)[C@H](NC(=O)CNC(=O)OCc1ccccc1)C(=O)C(=O)NCc1ccccc1. The molecule has 3 amide bonds. The predicted molar refractivity (Wildman–Crippen MR) is 115 cm³/mol. The normalized spacial score (nSPS) is 11.3. The van der Waals surface area contributed by atoms with Crippen LogP contribution in [0.25, 0.3) is 0 Å². The average Bonchev–Trinajstić information content (AvgIpc) is 2.79. The Labute approximate surface area is 181 Å². The summed E-state index contributed by atoms with van der Waals surface area (Å²) in [6.07, 6.45) is -0.757. The number of carbonyl (C=O) groups excluding carboxylic acids is 4.